The predicted molar refractivity (Wildman–Crippen MR) is 95.5 cm³/mol. The number of nitrogens with one attached hydrogen (secondary N) is 1. The quantitative estimate of drug-likeness (QED) is 0.740. The smallest absolute Gasteiger partial charge is 0.342 e. The van der Waals surface area contributed by atoms with Crippen LogP contribution in [0.25, 0.3) is 0 Å². The van der Waals surface area contributed by atoms with Gasteiger partial charge in [-0.25, -0.2) is 0 Å². The lowest BCUT2D eigenvalue weighted by molar-refractivity contribution is -0.136. The average molecular weight is 386 g/mol. The van der Waals surface area contributed by atoms with Crippen molar-refractivity contribution in [2.24, 2.45) is 0 Å². The van der Waals surface area contributed by atoms with Gasteiger partial charge in [-0.1, -0.05) is 11.6 Å². The van der Waals surface area contributed by atoms with Gasteiger partial charge in [-0.2, -0.15) is 13.2 Å². The first-order valence-corrected chi connectivity index (χ1v) is 8.46. The molecule has 0 radical (unpaired) electrons. The summed E-state index contributed by atoms with van der Waals surface area (Å²) in [5.41, 5.74) is 0.0671. The standard InChI is InChI=1S/C17H15ClF3N3S/c18-12-1-4-14(17(19,20)21)15(9-12)23-16(25)24(13-2-3-13)10-11-5-7-22-8-6-11/h1,4-9,13H,2-3,10H2,(H,23,25). The maximum atomic E-state index is 13.2. The summed E-state index contributed by atoms with van der Waals surface area (Å²) in [7, 11) is 0. The zero-order chi connectivity index (χ0) is 18.0. The lowest BCUT2D eigenvalue weighted by Gasteiger charge is -2.27. The second kappa shape index (κ2) is 7.17. The molecule has 0 amide bonds. The van der Waals surface area contributed by atoms with Crippen LogP contribution in [0.2, 0.25) is 5.02 Å². The number of nitrogens with zero attached hydrogens (tertiary/aromatic N) is 2. The topological polar surface area (TPSA) is 28.2 Å². The minimum Gasteiger partial charge on any atom is -0.342 e. The molecule has 3 nitrogen and oxygen atoms in total. The Kier molecular flexibility index (Phi) is 5.15. The van der Waals surface area contributed by atoms with Crippen LogP contribution in [-0.4, -0.2) is 21.0 Å². The van der Waals surface area contributed by atoms with E-state index in [-0.39, 0.29) is 21.9 Å². The number of thiocarbonyl (C=S) groups is 1. The third-order valence-corrected chi connectivity index (χ3v) is 4.45. The van der Waals surface area contributed by atoms with Gasteiger partial charge in [-0.15, -0.1) is 0 Å². The van der Waals surface area contributed by atoms with Gasteiger partial charge in [0.05, 0.1) is 11.3 Å². The minimum atomic E-state index is -4.49. The summed E-state index contributed by atoms with van der Waals surface area (Å²) in [5, 5.41) is 3.21. The summed E-state index contributed by atoms with van der Waals surface area (Å²) >= 11 is 11.3. The Hall–Kier alpha value is -1.86. The molecular formula is C17H15ClF3N3S. The number of hydrogen-bond acceptors (Lipinski definition) is 2. The molecule has 0 bridgehead atoms. The molecule has 25 heavy (non-hydrogen) atoms. The number of anilines is 1. The van der Waals surface area contributed by atoms with E-state index in [1.807, 2.05) is 17.0 Å². The zero-order valence-corrected chi connectivity index (χ0v) is 14.6. The summed E-state index contributed by atoms with van der Waals surface area (Å²) < 4.78 is 39.6. The first-order chi connectivity index (χ1) is 11.8. The summed E-state index contributed by atoms with van der Waals surface area (Å²) in [6.45, 7) is 0.515. The van der Waals surface area contributed by atoms with Gasteiger partial charge in [0.25, 0.3) is 0 Å². The predicted octanol–water partition coefficient (Wildman–Crippen LogP) is 5.12. The molecule has 0 atom stereocenters. The van der Waals surface area contributed by atoms with Gasteiger partial charge in [0.15, 0.2) is 5.11 Å². The van der Waals surface area contributed by atoms with Crippen LogP contribution in [0.5, 0.6) is 0 Å². The number of rotatable bonds is 4. The van der Waals surface area contributed by atoms with Gasteiger partial charge in [-0.05, 0) is 61.0 Å². The van der Waals surface area contributed by atoms with Crippen molar-refractivity contribution in [2.75, 3.05) is 5.32 Å². The van der Waals surface area contributed by atoms with Crippen molar-refractivity contribution in [2.45, 2.75) is 31.6 Å². The first-order valence-electron chi connectivity index (χ1n) is 7.68. The molecule has 1 aliphatic carbocycles. The van der Waals surface area contributed by atoms with Crippen molar-refractivity contribution in [3.05, 3.63) is 58.9 Å². The Labute approximate surface area is 153 Å². The second-order valence-electron chi connectivity index (χ2n) is 5.83. The Morgan fingerprint density at radius 2 is 1.92 bits per heavy atom. The highest BCUT2D eigenvalue weighted by Crippen LogP contribution is 2.37. The molecule has 0 spiro atoms. The van der Waals surface area contributed by atoms with Crippen LogP contribution in [0.1, 0.15) is 24.0 Å². The summed E-state index contributed by atoms with van der Waals surface area (Å²) in [6.07, 6.45) is 0.798. The van der Waals surface area contributed by atoms with E-state index in [0.29, 0.717) is 6.54 Å². The third-order valence-electron chi connectivity index (χ3n) is 3.88. The SMILES string of the molecule is FC(F)(F)c1ccc(Cl)cc1NC(=S)N(Cc1ccncc1)C1CC1. The molecule has 1 saturated carbocycles. The molecule has 0 unspecified atom stereocenters. The largest absolute Gasteiger partial charge is 0.418 e. The number of halogens is 4. The Morgan fingerprint density at radius 3 is 2.52 bits per heavy atom. The van der Waals surface area contributed by atoms with E-state index in [1.54, 1.807) is 12.4 Å². The van der Waals surface area contributed by atoms with Crippen LogP contribution >= 0.6 is 23.8 Å². The molecule has 8 heteroatoms. The Balaban J connectivity index is 1.81. The van der Waals surface area contributed by atoms with E-state index >= 15 is 0 Å². The monoisotopic (exact) mass is 385 g/mol. The molecule has 1 fully saturated rings. The van der Waals surface area contributed by atoms with Gasteiger partial charge in [0.1, 0.15) is 0 Å². The van der Waals surface area contributed by atoms with E-state index in [2.05, 4.69) is 10.3 Å². The van der Waals surface area contributed by atoms with E-state index in [0.717, 1.165) is 24.5 Å². The number of benzene rings is 1. The maximum absolute atomic E-state index is 13.2. The summed E-state index contributed by atoms with van der Waals surface area (Å²) in [6, 6.07) is 7.37. The van der Waals surface area contributed by atoms with Crippen LogP contribution in [0.15, 0.2) is 42.7 Å². The van der Waals surface area contributed by atoms with Crippen molar-refractivity contribution in [3.63, 3.8) is 0 Å². The van der Waals surface area contributed by atoms with Crippen LogP contribution in [0, 0.1) is 0 Å². The first kappa shape index (κ1) is 17.9. The maximum Gasteiger partial charge on any atom is 0.418 e. The Bertz CT molecular complexity index is 763. The van der Waals surface area contributed by atoms with Gasteiger partial charge in [0, 0.05) is 30.0 Å². The number of aromatic nitrogens is 1. The van der Waals surface area contributed by atoms with Crippen LogP contribution in [-0.2, 0) is 12.7 Å². The van der Waals surface area contributed by atoms with E-state index in [4.69, 9.17) is 23.8 Å². The van der Waals surface area contributed by atoms with Crippen LogP contribution < -0.4 is 5.32 Å². The fourth-order valence-corrected chi connectivity index (χ4v) is 2.99. The highest BCUT2D eigenvalue weighted by molar-refractivity contribution is 7.80. The van der Waals surface area contributed by atoms with Crippen molar-refractivity contribution >= 4 is 34.6 Å². The molecular weight excluding hydrogens is 371 g/mol. The van der Waals surface area contributed by atoms with Crippen LogP contribution in [0.4, 0.5) is 18.9 Å². The lowest BCUT2D eigenvalue weighted by atomic mass is 10.1. The summed E-state index contributed by atoms with van der Waals surface area (Å²) in [4.78, 5) is 5.88. The highest BCUT2D eigenvalue weighted by Gasteiger charge is 2.35. The van der Waals surface area contributed by atoms with Crippen molar-refractivity contribution in [1.82, 2.24) is 9.88 Å². The van der Waals surface area contributed by atoms with E-state index < -0.39 is 11.7 Å². The van der Waals surface area contributed by atoms with Crippen molar-refractivity contribution < 1.29 is 13.2 Å². The molecule has 3 rings (SSSR count). The molecule has 0 saturated heterocycles. The molecule has 1 heterocycles. The van der Waals surface area contributed by atoms with Gasteiger partial charge in [-0.3, -0.25) is 4.98 Å². The molecule has 1 aromatic carbocycles. The van der Waals surface area contributed by atoms with E-state index in [1.165, 1.54) is 12.1 Å². The molecule has 1 aliphatic rings. The van der Waals surface area contributed by atoms with Crippen molar-refractivity contribution in [3.8, 4) is 0 Å². The molecule has 1 aromatic heterocycles. The lowest BCUT2D eigenvalue weighted by Crippen LogP contribution is -2.36. The van der Waals surface area contributed by atoms with Gasteiger partial charge >= 0.3 is 6.18 Å². The number of hydrogen-bond donors (Lipinski definition) is 1. The van der Waals surface area contributed by atoms with Gasteiger partial charge in [0.2, 0.25) is 0 Å². The van der Waals surface area contributed by atoms with Gasteiger partial charge < -0.3 is 10.2 Å². The minimum absolute atomic E-state index is 0.134. The molecule has 1 N–H and O–H groups in total. The molecule has 0 aliphatic heterocycles. The molecule has 2 aromatic rings. The molecule has 132 valence electrons. The fourth-order valence-electron chi connectivity index (χ4n) is 2.49. The highest BCUT2D eigenvalue weighted by atomic mass is 35.5. The second-order valence-corrected chi connectivity index (χ2v) is 6.66. The van der Waals surface area contributed by atoms with Crippen molar-refractivity contribution in [1.29, 1.82) is 0 Å². The van der Waals surface area contributed by atoms with E-state index in [9.17, 15) is 13.2 Å². The third kappa shape index (κ3) is 4.61. The fraction of sp³-hybridized carbons (Fsp3) is 0.294. The van der Waals surface area contributed by atoms with Crippen LogP contribution in [0.3, 0.4) is 0 Å². The Morgan fingerprint density at radius 1 is 1.24 bits per heavy atom. The normalized spacial score (nSPS) is 14.2. The summed E-state index contributed by atoms with van der Waals surface area (Å²) in [5.74, 6) is 0. The number of alkyl halides is 3. The zero-order valence-electron chi connectivity index (χ0n) is 13.1. The number of pyridine rings is 1. The average Bonchev–Trinajstić information content (AvgIpc) is 3.37.